The summed E-state index contributed by atoms with van der Waals surface area (Å²) < 4.78 is 69.5. The first kappa shape index (κ1) is 23.5. The number of ether oxygens (including phenoxy) is 2. The number of aryl methyl sites for hydroxylation is 1. The second-order valence-electron chi connectivity index (χ2n) is 5.76. The summed E-state index contributed by atoms with van der Waals surface area (Å²) in [5, 5.41) is 0. The summed E-state index contributed by atoms with van der Waals surface area (Å²) in [6.07, 6.45) is 0. The lowest BCUT2D eigenvalue weighted by molar-refractivity contribution is -0.157. The summed E-state index contributed by atoms with van der Waals surface area (Å²) in [5.74, 6) is 0.331. The largest absolute Gasteiger partial charge is 0.741 e. The molecule has 1 aromatic carbocycles. The van der Waals surface area contributed by atoms with Crippen LogP contribution in [-0.4, -0.2) is 36.7 Å². The highest BCUT2D eigenvalue weighted by atomic mass is 32.2. The Morgan fingerprint density at radius 2 is 1.72 bits per heavy atom. The van der Waals surface area contributed by atoms with E-state index in [9.17, 15) is 18.0 Å². The minimum atomic E-state index is -6.09. The van der Waals surface area contributed by atoms with Crippen molar-refractivity contribution in [2.75, 3.05) is 6.61 Å². The second kappa shape index (κ2) is 8.77. The van der Waals surface area contributed by atoms with Crippen molar-refractivity contribution in [3.05, 3.63) is 23.8 Å². The number of alkyl halides is 3. The highest BCUT2D eigenvalue weighted by molar-refractivity contribution is 7.86. The molecule has 1 rings (SSSR count). The number of benzene rings is 1. The number of hydrogen-bond donors (Lipinski definition) is 0. The van der Waals surface area contributed by atoms with E-state index >= 15 is 0 Å². The highest BCUT2D eigenvalue weighted by Gasteiger charge is 2.36. The first-order chi connectivity index (χ1) is 11.0. The number of esters is 1. The van der Waals surface area contributed by atoms with E-state index in [4.69, 9.17) is 22.4 Å². The molecule has 0 spiro atoms. The van der Waals surface area contributed by atoms with Crippen LogP contribution in [0.5, 0.6) is 5.75 Å². The fourth-order valence-electron chi connectivity index (χ4n) is 1.32. The van der Waals surface area contributed by atoms with E-state index in [-0.39, 0.29) is 12.6 Å². The van der Waals surface area contributed by atoms with Gasteiger partial charge in [0.2, 0.25) is 0 Å². The Bertz CT molecular complexity index is 693. The van der Waals surface area contributed by atoms with Crippen molar-refractivity contribution in [2.45, 2.75) is 43.7 Å². The van der Waals surface area contributed by atoms with E-state index in [0.717, 1.165) is 10.5 Å². The second-order valence-corrected chi connectivity index (χ2v) is 7.70. The van der Waals surface area contributed by atoms with Crippen molar-refractivity contribution >= 4 is 28.7 Å². The molecule has 0 unspecified atom stereocenters. The molecule has 0 saturated heterocycles. The van der Waals surface area contributed by atoms with Crippen molar-refractivity contribution in [1.82, 2.24) is 0 Å². The van der Waals surface area contributed by atoms with Crippen molar-refractivity contribution in [2.24, 2.45) is 0 Å². The molecule has 0 N–H and O–H groups in total. The lowest BCUT2D eigenvalue weighted by Gasteiger charge is -2.19. The van der Waals surface area contributed by atoms with Gasteiger partial charge in [-0.3, -0.25) is 0 Å². The molecular weight excluding hydrogens is 385 g/mol. The van der Waals surface area contributed by atoms with Crippen molar-refractivity contribution in [3.63, 3.8) is 0 Å². The lowest BCUT2D eigenvalue weighted by Crippen LogP contribution is -2.27. The molecule has 0 aromatic heterocycles. The van der Waals surface area contributed by atoms with Gasteiger partial charge in [0.1, 0.15) is 11.4 Å². The van der Waals surface area contributed by atoms with Gasteiger partial charge in [-0.1, -0.05) is 0 Å². The minimum Gasteiger partial charge on any atom is -0.741 e. The van der Waals surface area contributed by atoms with Gasteiger partial charge < -0.3 is 14.0 Å². The molecule has 0 radical (unpaired) electrons. The zero-order chi connectivity index (χ0) is 20.1. The quantitative estimate of drug-likeness (QED) is 0.332. The molecule has 144 valence electrons. The van der Waals surface area contributed by atoms with Crippen LogP contribution in [0.3, 0.4) is 0 Å². The van der Waals surface area contributed by atoms with Gasteiger partial charge >= 0.3 is 11.5 Å². The van der Waals surface area contributed by atoms with Crippen molar-refractivity contribution < 1.29 is 40.4 Å². The number of halogens is 3. The molecule has 0 aliphatic rings. The van der Waals surface area contributed by atoms with Crippen molar-refractivity contribution in [3.8, 4) is 5.75 Å². The molecule has 25 heavy (non-hydrogen) atoms. The molecule has 0 bridgehead atoms. The van der Waals surface area contributed by atoms with E-state index in [0.29, 0.717) is 5.75 Å². The summed E-state index contributed by atoms with van der Waals surface area (Å²) in [6.45, 7) is 7.34. The van der Waals surface area contributed by atoms with Crippen LogP contribution in [0.2, 0.25) is 0 Å². The predicted octanol–water partition coefficient (Wildman–Crippen LogP) is 2.14. The van der Waals surface area contributed by atoms with E-state index in [1.54, 1.807) is 0 Å². The smallest absolute Gasteiger partial charge is 0.485 e. The molecule has 0 atom stereocenters. The summed E-state index contributed by atoms with van der Waals surface area (Å²) in [6, 6.07) is 5.62. The van der Waals surface area contributed by atoms with Crippen LogP contribution >= 0.6 is 0 Å². The Kier molecular flexibility index (Phi) is 8.25. The van der Waals surface area contributed by atoms with Gasteiger partial charge in [0.05, 0.1) is 0 Å². The van der Waals surface area contributed by atoms with E-state index in [1.807, 2.05) is 45.9 Å². The zero-order valence-corrected chi connectivity index (χ0v) is 15.7. The van der Waals surface area contributed by atoms with Crippen LogP contribution in [0.15, 0.2) is 23.1 Å². The third-order valence-corrected chi connectivity index (χ3v) is 3.10. The average molecular weight is 404 g/mol. The number of carbonyl (C=O) groups excluding carboxylic acids is 1. The Morgan fingerprint density at radius 3 is 2.08 bits per heavy atom. The third-order valence-electron chi connectivity index (χ3n) is 2.22. The van der Waals surface area contributed by atoms with Crippen LogP contribution < -0.4 is 4.74 Å². The summed E-state index contributed by atoms with van der Waals surface area (Å²) >= 11 is 3.42. The van der Waals surface area contributed by atoms with Gasteiger partial charge in [-0.2, -0.15) is 13.2 Å². The van der Waals surface area contributed by atoms with Crippen LogP contribution in [0.25, 0.3) is 0 Å². The third kappa shape index (κ3) is 10.2. The summed E-state index contributed by atoms with van der Waals surface area (Å²) in [7, 11) is -6.09. The highest BCUT2D eigenvalue weighted by Crippen LogP contribution is 2.20. The topological polar surface area (TPSA) is 92.7 Å². The lowest BCUT2D eigenvalue weighted by atomic mass is 10.2. The van der Waals surface area contributed by atoms with E-state index in [1.165, 1.54) is 0 Å². The molecule has 0 saturated carbocycles. The number of rotatable bonds is 3. The van der Waals surface area contributed by atoms with Crippen LogP contribution in [0, 0.1) is 6.92 Å². The Labute approximate surface area is 149 Å². The first-order valence-electron chi connectivity index (χ1n) is 6.72. The molecule has 1 aromatic rings. The molecule has 0 amide bonds. The Balaban J connectivity index is 0.000000609. The summed E-state index contributed by atoms with van der Waals surface area (Å²) in [5.41, 5.74) is -5.15. The molecule has 0 aliphatic carbocycles. The van der Waals surface area contributed by atoms with Gasteiger partial charge in [-0.25, -0.2) is 13.2 Å². The molecular formula is C14H19F3O6S2. The monoisotopic (exact) mass is 404 g/mol. The molecule has 0 heterocycles. The zero-order valence-electron chi connectivity index (χ0n) is 13.9. The van der Waals surface area contributed by atoms with Crippen LogP contribution in [0.4, 0.5) is 13.2 Å². The fourth-order valence-corrected chi connectivity index (χ4v) is 1.62. The van der Waals surface area contributed by atoms with E-state index < -0.39 is 21.2 Å². The van der Waals surface area contributed by atoms with Gasteiger partial charge in [0.15, 0.2) is 21.6 Å². The Morgan fingerprint density at radius 1 is 1.24 bits per heavy atom. The van der Waals surface area contributed by atoms with Crippen LogP contribution in [0.1, 0.15) is 26.3 Å². The minimum absolute atomic E-state index is 0.0703. The van der Waals surface area contributed by atoms with Gasteiger partial charge in [-0.15, -0.1) is 0 Å². The van der Waals surface area contributed by atoms with E-state index in [2.05, 4.69) is 12.6 Å². The number of carbonyl (C=O) groups is 1. The standard InChI is InChI=1S/C13H18O3S.CHF3O3S/c1-9-7-10(17)5-6-11(9)15-8-12(14)16-13(2,3)4;2-1(3,4)8(5,6)7/h5-7,17H,8H2,1-4H3;(H,5,6,7). The van der Waals surface area contributed by atoms with Gasteiger partial charge in [-0.05, 0) is 64.1 Å². The average Bonchev–Trinajstić information content (AvgIpc) is 2.33. The summed E-state index contributed by atoms with van der Waals surface area (Å²) in [4.78, 5) is 12.4. The molecule has 0 fully saturated rings. The molecule has 0 aliphatic heterocycles. The van der Waals surface area contributed by atoms with Crippen molar-refractivity contribution in [1.29, 1.82) is 0 Å². The number of hydrogen-bond acceptors (Lipinski definition) is 6. The Hall–Kier alpha value is -1.46. The molecule has 11 heteroatoms. The maximum absolute atomic E-state index is 11.5. The normalized spacial score (nSPS) is 12.0. The predicted molar refractivity (Wildman–Crippen MR) is 86.7 cm³/mol. The SMILES string of the molecule is Cc1cc([SH2+])ccc1OCC(=O)OC(C)(C)C.O=S(=O)([O-])C(F)(F)F. The van der Waals surface area contributed by atoms with Gasteiger partial charge in [0, 0.05) is 0 Å². The van der Waals surface area contributed by atoms with Gasteiger partial charge in [0.25, 0.3) is 0 Å². The fraction of sp³-hybridized carbons (Fsp3) is 0.500. The first-order valence-corrected chi connectivity index (χ1v) is 8.63. The maximum atomic E-state index is 11.5. The maximum Gasteiger partial charge on any atom is 0.485 e. The molecule has 6 nitrogen and oxygen atoms in total. The van der Waals surface area contributed by atoms with Crippen LogP contribution in [-0.2, 0) is 32.3 Å².